The summed E-state index contributed by atoms with van der Waals surface area (Å²) in [5.41, 5.74) is 9.33. The third-order valence-corrected chi connectivity index (χ3v) is 5.16. The third-order valence-electron chi connectivity index (χ3n) is 3.90. The third kappa shape index (κ3) is 2.61. The Hall–Kier alpha value is -1.88. The SMILES string of the molecule is CC(C)(C)c1nc(C(=O)N2CCCc3c(N)cccc32)cs1. The molecule has 1 aromatic heterocycles. The monoisotopic (exact) mass is 315 g/mol. The highest BCUT2D eigenvalue weighted by Gasteiger charge is 2.27. The topological polar surface area (TPSA) is 59.2 Å². The Kier molecular flexibility index (Phi) is 3.68. The van der Waals surface area contributed by atoms with Gasteiger partial charge in [-0.25, -0.2) is 4.98 Å². The van der Waals surface area contributed by atoms with E-state index in [-0.39, 0.29) is 11.3 Å². The second-order valence-corrected chi connectivity index (χ2v) is 7.55. The number of amides is 1. The molecule has 22 heavy (non-hydrogen) atoms. The molecule has 0 saturated heterocycles. The number of carbonyl (C=O) groups is 1. The minimum absolute atomic E-state index is 0.0294. The van der Waals surface area contributed by atoms with Gasteiger partial charge in [-0.3, -0.25) is 4.79 Å². The molecule has 5 heteroatoms. The van der Waals surface area contributed by atoms with Crippen LogP contribution in [0.3, 0.4) is 0 Å². The Morgan fingerprint density at radius 1 is 1.36 bits per heavy atom. The van der Waals surface area contributed by atoms with Crippen LogP contribution in [0.5, 0.6) is 0 Å². The van der Waals surface area contributed by atoms with Crippen LogP contribution < -0.4 is 10.6 Å². The Bertz CT molecular complexity index is 715. The predicted molar refractivity (Wildman–Crippen MR) is 91.7 cm³/mol. The lowest BCUT2D eigenvalue weighted by Crippen LogP contribution is -2.36. The van der Waals surface area contributed by atoms with E-state index in [1.54, 1.807) is 11.3 Å². The number of rotatable bonds is 1. The molecule has 4 nitrogen and oxygen atoms in total. The van der Waals surface area contributed by atoms with Gasteiger partial charge in [0.15, 0.2) is 0 Å². The molecule has 0 atom stereocenters. The van der Waals surface area contributed by atoms with Gasteiger partial charge in [0.2, 0.25) is 0 Å². The van der Waals surface area contributed by atoms with Crippen LogP contribution in [-0.2, 0) is 11.8 Å². The smallest absolute Gasteiger partial charge is 0.277 e. The van der Waals surface area contributed by atoms with Crippen molar-refractivity contribution in [2.75, 3.05) is 17.2 Å². The van der Waals surface area contributed by atoms with E-state index in [9.17, 15) is 4.79 Å². The predicted octanol–water partition coefficient (Wildman–Crippen LogP) is 3.62. The Morgan fingerprint density at radius 3 is 2.82 bits per heavy atom. The highest BCUT2D eigenvalue weighted by Crippen LogP contribution is 2.33. The molecule has 1 amide bonds. The normalized spacial score (nSPS) is 14.8. The maximum absolute atomic E-state index is 12.8. The van der Waals surface area contributed by atoms with Gasteiger partial charge < -0.3 is 10.6 Å². The molecule has 0 radical (unpaired) electrons. The lowest BCUT2D eigenvalue weighted by Gasteiger charge is -2.29. The van der Waals surface area contributed by atoms with E-state index in [4.69, 9.17) is 5.73 Å². The summed E-state index contributed by atoms with van der Waals surface area (Å²) in [6, 6.07) is 5.77. The number of carbonyl (C=O) groups excluding carboxylic acids is 1. The van der Waals surface area contributed by atoms with Crippen molar-refractivity contribution in [3.63, 3.8) is 0 Å². The number of fused-ring (bicyclic) bond motifs is 1. The van der Waals surface area contributed by atoms with Gasteiger partial charge in [-0.2, -0.15) is 0 Å². The number of nitrogens with two attached hydrogens (primary N) is 1. The number of hydrogen-bond donors (Lipinski definition) is 1. The molecule has 0 fully saturated rings. The van der Waals surface area contributed by atoms with Crippen molar-refractivity contribution < 1.29 is 4.79 Å². The highest BCUT2D eigenvalue weighted by atomic mass is 32.1. The van der Waals surface area contributed by atoms with E-state index < -0.39 is 0 Å². The highest BCUT2D eigenvalue weighted by molar-refractivity contribution is 7.10. The van der Waals surface area contributed by atoms with Gasteiger partial charge >= 0.3 is 0 Å². The standard InChI is InChI=1S/C17H21N3OS/c1-17(2,3)16-19-13(10-22-16)15(21)20-9-5-6-11-12(18)7-4-8-14(11)20/h4,7-8,10H,5-6,9,18H2,1-3H3. The number of nitrogens with zero attached hydrogens (tertiary/aromatic N) is 2. The van der Waals surface area contributed by atoms with E-state index in [0.29, 0.717) is 5.69 Å². The molecule has 0 bridgehead atoms. The van der Waals surface area contributed by atoms with Crippen LogP contribution >= 0.6 is 11.3 Å². The van der Waals surface area contributed by atoms with Gasteiger partial charge in [0.05, 0.1) is 5.01 Å². The van der Waals surface area contributed by atoms with Crippen LogP contribution in [-0.4, -0.2) is 17.4 Å². The zero-order chi connectivity index (χ0) is 15.9. The Balaban J connectivity index is 1.94. The zero-order valence-electron chi connectivity index (χ0n) is 13.2. The molecule has 0 unspecified atom stereocenters. The van der Waals surface area contributed by atoms with Crippen molar-refractivity contribution in [3.05, 3.63) is 39.8 Å². The fourth-order valence-electron chi connectivity index (χ4n) is 2.72. The first-order chi connectivity index (χ1) is 10.4. The maximum Gasteiger partial charge on any atom is 0.277 e. The fourth-order valence-corrected chi connectivity index (χ4v) is 3.60. The van der Waals surface area contributed by atoms with Crippen molar-refractivity contribution in [1.82, 2.24) is 4.98 Å². The average molecular weight is 315 g/mol. The summed E-state index contributed by atoms with van der Waals surface area (Å²) in [5.74, 6) is -0.0294. The van der Waals surface area contributed by atoms with E-state index in [1.165, 1.54) is 0 Å². The van der Waals surface area contributed by atoms with E-state index in [2.05, 4.69) is 25.8 Å². The molecule has 1 aliphatic heterocycles. The van der Waals surface area contributed by atoms with Crippen LogP contribution in [0.25, 0.3) is 0 Å². The van der Waals surface area contributed by atoms with Crippen molar-refractivity contribution >= 4 is 28.6 Å². The number of hydrogen-bond acceptors (Lipinski definition) is 4. The van der Waals surface area contributed by atoms with Gasteiger partial charge in [-0.1, -0.05) is 26.8 Å². The minimum atomic E-state index is -0.0343. The largest absolute Gasteiger partial charge is 0.398 e. The number of thiazole rings is 1. The molecule has 0 saturated carbocycles. The van der Waals surface area contributed by atoms with Crippen LogP contribution in [0.4, 0.5) is 11.4 Å². The van der Waals surface area contributed by atoms with Crippen LogP contribution in [0.2, 0.25) is 0 Å². The van der Waals surface area contributed by atoms with Gasteiger partial charge in [0, 0.05) is 28.7 Å². The first kappa shape index (κ1) is 15.0. The van der Waals surface area contributed by atoms with E-state index in [0.717, 1.165) is 41.3 Å². The zero-order valence-corrected chi connectivity index (χ0v) is 14.0. The summed E-state index contributed by atoms with van der Waals surface area (Å²) >= 11 is 1.55. The quantitative estimate of drug-likeness (QED) is 0.818. The second-order valence-electron chi connectivity index (χ2n) is 6.69. The van der Waals surface area contributed by atoms with Crippen LogP contribution in [0, 0.1) is 0 Å². The lowest BCUT2D eigenvalue weighted by molar-refractivity contribution is 0.0981. The first-order valence-electron chi connectivity index (χ1n) is 7.53. The lowest BCUT2D eigenvalue weighted by atomic mass is 9.98. The Labute approximate surface area is 135 Å². The number of anilines is 2. The molecular formula is C17H21N3OS. The molecular weight excluding hydrogens is 294 g/mol. The van der Waals surface area contributed by atoms with Gasteiger partial charge in [-0.15, -0.1) is 11.3 Å². The summed E-state index contributed by atoms with van der Waals surface area (Å²) < 4.78 is 0. The molecule has 3 rings (SSSR count). The molecule has 0 spiro atoms. The summed E-state index contributed by atoms with van der Waals surface area (Å²) in [6.45, 7) is 7.04. The number of nitrogen functional groups attached to an aromatic ring is 1. The molecule has 1 aliphatic rings. The number of aromatic nitrogens is 1. The molecule has 116 valence electrons. The molecule has 2 aromatic rings. The van der Waals surface area contributed by atoms with Crippen LogP contribution in [0.15, 0.2) is 23.6 Å². The summed E-state index contributed by atoms with van der Waals surface area (Å²) in [7, 11) is 0. The van der Waals surface area contributed by atoms with Gasteiger partial charge in [0.25, 0.3) is 5.91 Å². The Morgan fingerprint density at radius 2 is 2.14 bits per heavy atom. The summed E-state index contributed by atoms with van der Waals surface area (Å²) in [4.78, 5) is 19.2. The molecule has 2 heterocycles. The van der Waals surface area contributed by atoms with Crippen molar-refractivity contribution in [1.29, 1.82) is 0 Å². The maximum atomic E-state index is 12.8. The first-order valence-corrected chi connectivity index (χ1v) is 8.41. The minimum Gasteiger partial charge on any atom is -0.398 e. The fraction of sp³-hybridized carbons (Fsp3) is 0.412. The summed E-state index contributed by atoms with van der Waals surface area (Å²) in [6.07, 6.45) is 1.86. The van der Waals surface area contributed by atoms with Crippen molar-refractivity contribution in [2.45, 2.75) is 39.0 Å². The average Bonchev–Trinajstić information content (AvgIpc) is 2.96. The molecule has 0 aliphatic carbocycles. The van der Waals surface area contributed by atoms with E-state index >= 15 is 0 Å². The molecule has 2 N–H and O–H groups in total. The van der Waals surface area contributed by atoms with Crippen LogP contribution in [0.1, 0.15) is 48.3 Å². The van der Waals surface area contributed by atoms with E-state index in [1.807, 2.05) is 28.5 Å². The summed E-state index contributed by atoms with van der Waals surface area (Å²) in [5, 5.41) is 2.85. The van der Waals surface area contributed by atoms with Gasteiger partial charge in [-0.05, 0) is 30.5 Å². The second kappa shape index (κ2) is 5.39. The molecule has 1 aromatic carbocycles. The van der Waals surface area contributed by atoms with Gasteiger partial charge in [0.1, 0.15) is 5.69 Å². The van der Waals surface area contributed by atoms with Crippen molar-refractivity contribution in [2.24, 2.45) is 0 Å². The van der Waals surface area contributed by atoms with Crippen molar-refractivity contribution in [3.8, 4) is 0 Å². The number of benzene rings is 1.